The fraction of sp³-hybridized carbons (Fsp3) is 0.0952. The second kappa shape index (κ2) is 8.57. The zero-order valence-electron chi connectivity index (χ0n) is 16.9. The number of halogens is 5. The van der Waals surface area contributed by atoms with Crippen molar-refractivity contribution >= 4 is 27.3 Å². The molecule has 0 aliphatic carbocycles. The van der Waals surface area contributed by atoms with Crippen molar-refractivity contribution in [3.8, 4) is 5.75 Å². The Hall–Kier alpha value is -3.71. The van der Waals surface area contributed by atoms with Crippen molar-refractivity contribution in [1.82, 2.24) is 5.43 Å². The van der Waals surface area contributed by atoms with Gasteiger partial charge < -0.3 is 10.1 Å². The highest BCUT2D eigenvalue weighted by Crippen LogP contribution is 2.34. The van der Waals surface area contributed by atoms with Gasteiger partial charge in [-0.05, 0) is 42.0 Å². The Morgan fingerprint density at radius 1 is 1.00 bits per heavy atom. The normalized spacial score (nSPS) is 13.5. The van der Waals surface area contributed by atoms with Gasteiger partial charge in [0, 0.05) is 18.3 Å². The first-order valence-electron chi connectivity index (χ1n) is 9.49. The fourth-order valence-corrected chi connectivity index (χ4v) is 4.67. The zero-order valence-corrected chi connectivity index (χ0v) is 17.7. The fourth-order valence-electron chi connectivity index (χ4n) is 3.28. The molecular weight excluding hydrogens is 485 g/mol. The minimum absolute atomic E-state index is 0.0319. The van der Waals surface area contributed by atoms with Gasteiger partial charge in [-0.15, -0.1) is 13.2 Å². The van der Waals surface area contributed by atoms with E-state index in [1.54, 1.807) is 0 Å². The maximum absolute atomic E-state index is 13.9. The van der Waals surface area contributed by atoms with Crippen molar-refractivity contribution < 1.29 is 39.9 Å². The summed E-state index contributed by atoms with van der Waals surface area (Å²) in [6.45, 7) is 0.0590. The van der Waals surface area contributed by atoms with Crippen LogP contribution < -0.4 is 19.9 Å². The van der Waals surface area contributed by atoms with Crippen molar-refractivity contribution in [3.63, 3.8) is 0 Å². The predicted octanol–water partition coefficient (Wildman–Crippen LogP) is 4.33. The Balaban J connectivity index is 1.63. The van der Waals surface area contributed by atoms with Crippen LogP contribution in [0.5, 0.6) is 5.75 Å². The first kappa shape index (κ1) is 23.4. The molecule has 7 nitrogen and oxygen atoms in total. The van der Waals surface area contributed by atoms with Crippen LogP contribution in [0.2, 0.25) is 0 Å². The van der Waals surface area contributed by atoms with Crippen molar-refractivity contribution in [2.24, 2.45) is 0 Å². The van der Waals surface area contributed by atoms with E-state index in [4.69, 9.17) is 0 Å². The van der Waals surface area contributed by atoms with Crippen LogP contribution in [0.3, 0.4) is 0 Å². The van der Waals surface area contributed by atoms with Gasteiger partial charge in [0.25, 0.3) is 15.9 Å². The maximum atomic E-state index is 13.9. The Morgan fingerprint density at radius 3 is 2.35 bits per heavy atom. The number of amides is 1. The van der Waals surface area contributed by atoms with E-state index >= 15 is 0 Å². The third kappa shape index (κ3) is 4.65. The average Bonchev–Trinajstić information content (AvgIpc) is 3.16. The van der Waals surface area contributed by atoms with Crippen LogP contribution in [0.25, 0.3) is 0 Å². The van der Waals surface area contributed by atoms with Crippen LogP contribution in [0.15, 0.2) is 65.6 Å². The van der Waals surface area contributed by atoms with Gasteiger partial charge in [-0.1, -0.05) is 18.2 Å². The number of ether oxygens (including phenoxy) is 1. The van der Waals surface area contributed by atoms with Crippen molar-refractivity contribution in [3.05, 3.63) is 83.4 Å². The average molecular weight is 499 g/mol. The van der Waals surface area contributed by atoms with E-state index < -0.39 is 50.1 Å². The Labute approximate surface area is 189 Å². The lowest BCUT2D eigenvalue weighted by atomic mass is 10.1. The SMILES string of the molecule is O=C(Nc1ccc2c(c1)N(S(=O)(=O)c1cccc(OC(F)(F)F)c1)NC2)c1c(F)cccc1F. The molecular formula is C21H14F5N3O4S. The van der Waals surface area contributed by atoms with Gasteiger partial charge in [-0.25, -0.2) is 14.2 Å². The molecule has 4 rings (SSSR count). The molecule has 1 amide bonds. The van der Waals surface area contributed by atoms with E-state index in [2.05, 4.69) is 15.5 Å². The number of sulfonamides is 1. The lowest BCUT2D eigenvalue weighted by molar-refractivity contribution is -0.274. The number of hydrogen-bond acceptors (Lipinski definition) is 5. The molecule has 0 fully saturated rings. The van der Waals surface area contributed by atoms with Crippen molar-refractivity contribution in [1.29, 1.82) is 0 Å². The molecule has 1 heterocycles. The molecule has 13 heteroatoms. The minimum atomic E-state index is -5.01. The van der Waals surface area contributed by atoms with Gasteiger partial charge in [0.15, 0.2) is 0 Å². The highest BCUT2D eigenvalue weighted by atomic mass is 32.2. The largest absolute Gasteiger partial charge is 0.573 e. The zero-order chi connectivity index (χ0) is 24.7. The van der Waals surface area contributed by atoms with Crippen LogP contribution in [0.4, 0.5) is 33.3 Å². The molecule has 1 aliphatic heterocycles. The molecule has 0 saturated carbocycles. The summed E-state index contributed by atoms with van der Waals surface area (Å²) in [5.41, 5.74) is 2.38. The number of hydrazine groups is 1. The van der Waals surface area contributed by atoms with Gasteiger partial charge in [0.1, 0.15) is 22.9 Å². The molecule has 0 radical (unpaired) electrons. The quantitative estimate of drug-likeness (QED) is 0.511. The van der Waals surface area contributed by atoms with Crippen molar-refractivity contribution in [2.75, 3.05) is 9.73 Å². The van der Waals surface area contributed by atoms with Crippen LogP contribution >= 0.6 is 0 Å². The first-order valence-corrected chi connectivity index (χ1v) is 10.9. The number of anilines is 2. The molecule has 1 aliphatic rings. The highest BCUT2D eigenvalue weighted by molar-refractivity contribution is 7.92. The Morgan fingerprint density at radius 2 is 1.68 bits per heavy atom. The maximum Gasteiger partial charge on any atom is 0.573 e. The number of benzene rings is 3. The number of fused-ring (bicyclic) bond motifs is 1. The summed E-state index contributed by atoms with van der Waals surface area (Å²) < 4.78 is 96.0. The summed E-state index contributed by atoms with van der Waals surface area (Å²) in [6.07, 6.45) is -5.01. The minimum Gasteiger partial charge on any atom is -0.406 e. The lowest BCUT2D eigenvalue weighted by Gasteiger charge is -2.20. The standard InChI is InChI=1S/C21H14F5N3O4S/c22-16-5-2-6-17(23)19(16)20(30)28-13-8-7-12-11-27-29(18(12)9-13)34(31,32)15-4-1-3-14(10-15)33-21(24,25)26/h1-10,27H,11H2,(H,28,30). The smallest absolute Gasteiger partial charge is 0.406 e. The molecule has 2 N–H and O–H groups in total. The van der Waals surface area contributed by atoms with Crippen LogP contribution in [0, 0.1) is 11.6 Å². The third-order valence-electron chi connectivity index (χ3n) is 4.74. The summed E-state index contributed by atoms with van der Waals surface area (Å²) in [5, 5.41) is 2.30. The van der Waals surface area contributed by atoms with E-state index in [1.165, 1.54) is 18.2 Å². The van der Waals surface area contributed by atoms with E-state index in [-0.39, 0.29) is 17.9 Å². The number of carbonyl (C=O) groups excluding carboxylic acids is 1. The lowest BCUT2D eigenvalue weighted by Crippen LogP contribution is -2.38. The van der Waals surface area contributed by atoms with Gasteiger partial charge >= 0.3 is 6.36 Å². The second-order valence-electron chi connectivity index (χ2n) is 7.02. The summed E-state index contributed by atoms with van der Waals surface area (Å²) in [6, 6.07) is 10.9. The molecule has 3 aromatic carbocycles. The number of nitrogens with zero attached hydrogens (tertiary/aromatic N) is 1. The van der Waals surface area contributed by atoms with E-state index in [0.717, 1.165) is 46.9 Å². The molecule has 0 unspecified atom stereocenters. The summed E-state index contributed by atoms with van der Waals surface area (Å²) in [5.74, 6) is -3.97. The van der Waals surface area contributed by atoms with Gasteiger partial charge in [-0.3, -0.25) is 4.79 Å². The van der Waals surface area contributed by atoms with Gasteiger partial charge in [-0.2, -0.15) is 12.8 Å². The topological polar surface area (TPSA) is 87.7 Å². The summed E-state index contributed by atoms with van der Waals surface area (Å²) in [7, 11) is -4.40. The summed E-state index contributed by atoms with van der Waals surface area (Å²) >= 11 is 0. The first-order chi connectivity index (χ1) is 16.0. The summed E-state index contributed by atoms with van der Waals surface area (Å²) in [4.78, 5) is 11.9. The molecule has 0 saturated heterocycles. The monoisotopic (exact) mass is 499 g/mol. The van der Waals surface area contributed by atoms with E-state index in [9.17, 15) is 35.2 Å². The molecule has 0 bridgehead atoms. The number of rotatable bonds is 5. The van der Waals surface area contributed by atoms with Gasteiger partial charge in [0.05, 0.1) is 10.6 Å². The van der Waals surface area contributed by atoms with E-state index in [1.807, 2.05) is 0 Å². The molecule has 0 aromatic heterocycles. The number of carbonyl (C=O) groups is 1. The molecule has 178 valence electrons. The van der Waals surface area contributed by atoms with Gasteiger partial charge in [0.2, 0.25) is 0 Å². The highest BCUT2D eigenvalue weighted by Gasteiger charge is 2.34. The molecule has 34 heavy (non-hydrogen) atoms. The molecule has 0 spiro atoms. The van der Waals surface area contributed by atoms with Crippen LogP contribution in [0.1, 0.15) is 15.9 Å². The Bertz CT molecular complexity index is 1360. The molecule has 0 atom stereocenters. The molecule has 3 aromatic rings. The third-order valence-corrected chi connectivity index (χ3v) is 6.40. The number of hydrogen-bond donors (Lipinski definition) is 2. The number of alkyl halides is 3. The van der Waals surface area contributed by atoms with Crippen LogP contribution in [-0.4, -0.2) is 20.7 Å². The Kier molecular flexibility index (Phi) is 5.91. The second-order valence-corrected chi connectivity index (χ2v) is 8.81. The predicted molar refractivity (Wildman–Crippen MR) is 110 cm³/mol. The van der Waals surface area contributed by atoms with E-state index in [0.29, 0.717) is 5.56 Å². The van der Waals surface area contributed by atoms with Crippen LogP contribution in [-0.2, 0) is 16.6 Å². The van der Waals surface area contributed by atoms with Crippen molar-refractivity contribution in [2.45, 2.75) is 17.8 Å². The number of nitrogens with one attached hydrogen (secondary N) is 2.